The van der Waals surface area contributed by atoms with Crippen LogP contribution in [0.4, 0.5) is 5.69 Å². The first-order valence-corrected chi connectivity index (χ1v) is 12.2. The van der Waals surface area contributed by atoms with E-state index < -0.39 is 9.84 Å². The molecule has 7 nitrogen and oxygen atoms in total. The van der Waals surface area contributed by atoms with Crippen LogP contribution in [0.5, 0.6) is 0 Å². The third-order valence-corrected chi connectivity index (χ3v) is 6.45. The monoisotopic (exact) mass is 429 g/mol. The molecule has 1 saturated heterocycles. The van der Waals surface area contributed by atoms with Crippen LogP contribution < -0.4 is 10.9 Å². The number of nitrogens with zero attached hydrogens (tertiary/aromatic N) is 1. The predicted molar refractivity (Wildman–Crippen MR) is 119 cm³/mol. The van der Waals surface area contributed by atoms with Crippen LogP contribution in [0.3, 0.4) is 0 Å². The van der Waals surface area contributed by atoms with Gasteiger partial charge in [0.15, 0.2) is 9.84 Å². The molecule has 0 unspecified atom stereocenters. The van der Waals surface area contributed by atoms with Gasteiger partial charge in [0, 0.05) is 49.7 Å². The number of anilines is 1. The van der Waals surface area contributed by atoms with E-state index in [0.717, 1.165) is 60.7 Å². The second-order valence-electron chi connectivity index (χ2n) is 8.11. The number of rotatable bonds is 6. The summed E-state index contributed by atoms with van der Waals surface area (Å²) < 4.78 is 31.0. The summed E-state index contributed by atoms with van der Waals surface area (Å²) in [5.74, 6) is 0.513. The van der Waals surface area contributed by atoms with E-state index in [0.29, 0.717) is 11.4 Å². The molecular weight excluding hydrogens is 402 g/mol. The Kier molecular flexibility index (Phi) is 5.71. The highest BCUT2D eigenvalue weighted by Crippen LogP contribution is 2.32. The summed E-state index contributed by atoms with van der Waals surface area (Å²) in [5, 5.41) is 3.56. The van der Waals surface area contributed by atoms with Gasteiger partial charge < -0.3 is 19.4 Å². The summed E-state index contributed by atoms with van der Waals surface area (Å²) in [7, 11) is -3.16. The van der Waals surface area contributed by atoms with Gasteiger partial charge in [0.1, 0.15) is 5.52 Å². The standard InChI is InChI=1S/C22H27N3O4S/c1-15-11-20(25-8-7-23-22(26)21(15)25)18-12-17(14-30(2,27)28)3-4-19(18)24-13-16-5-9-29-10-6-16/h3-4,7-8,11-12,16,24H,5-6,9-10,13-14H2,1-2H3,(H,23,26). The fourth-order valence-electron chi connectivity index (χ4n) is 4.11. The van der Waals surface area contributed by atoms with Crippen molar-refractivity contribution in [2.45, 2.75) is 25.5 Å². The lowest BCUT2D eigenvalue weighted by Gasteiger charge is -2.23. The number of benzene rings is 1. The van der Waals surface area contributed by atoms with E-state index in [-0.39, 0.29) is 11.3 Å². The lowest BCUT2D eigenvalue weighted by Crippen LogP contribution is -2.22. The molecular formula is C22H27N3O4S. The first kappa shape index (κ1) is 20.7. The smallest absolute Gasteiger partial charge is 0.272 e. The normalized spacial score (nSPS) is 15.5. The first-order chi connectivity index (χ1) is 14.3. The highest BCUT2D eigenvalue weighted by atomic mass is 32.2. The molecule has 0 radical (unpaired) electrons. The number of H-pyrrole nitrogens is 1. The molecule has 1 fully saturated rings. The number of ether oxygens (including phenoxy) is 1. The van der Waals surface area contributed by atoms with Gasteiger partial charge in [-0.1, -0.05) is 6.07 Å². The average molecular weight is 430 g/mol. The SMILES string of the molecule is Cc1cc(-c2cc(CS(C)(=O)=O)ccc2NCC2CCOCC2)n2cc[nH]c(=O)c12. The van der Waals surface area contributed by atoms with Crippen molar-refractivity contribution in [2.24, 2.45) is 5.92 Å². The van der Waals surface area contributed by atoms with Crippen molar-refractivity contribution in [3.05, 3.63) is 58.1 Å². The molecule has 2 N–H and O–H groups in total. The molecule has 8 heteroatoms. The number of aryl methyl sites for hydroxylation is 1. The fraction of sp³-hybridized carbons (Fsp3) is 0.409. The molecule has 1 aromatic carbocycles. The molecule has 1 aliphatic heterocycles. The molecule has 0 saturated carbocycles. The number of hydrogen-bond donors (Lipinski definition) is 2. The maximum Gasteiger partial charge on any atom is 0.272 e. The maximum atomic E-state index is 12.3. The van der Waals surface area contributed by atoms with Crippen LogP contribution in [0, 0.1) is 12.8 Å². The minimum atomic E-state index is -3.16. The number of fused-ring (bicyclic) bond motifs is 1. The number of sulfone groups is 1. The van der Waals surface area contributed by atoms with Crippen LogP contribution >= 0.6 is 0 Å². The minimum Gasteiger partial charge on any atom is -0.384 e. The van der Waals surface area contributed by atoms with Crippen molar-refractivity contribution >= 4 is 21.0 Å². The molecule has 0 amide bonds. The van der Waals surface area contributed by atoms with Gasteiger partial charge in [0.2, 0.25) is 0 Å². The largest absolute Gasteiger partial charge is 0.384 e. The quantitative estimate of drug-likeness (QED) is 0.628. The molecule has 0 aliphatic carbocycles. The number of nitrogens with one attached hydrogen (secondary N) is 2. The molecule has 0 atom stereocenters. The van der Waals surface area contributed by atoms with Gasteiger partial charge in [-0.15, -0.1) is 0 Å². The summed E-state index contributed by atoms with van der Waals surface area (Å²) in [6, 6.07) is 7.68. The molecule has 3 aromatic rings. The zero-order valence-corrected chi connectivity index (χ0v) is 18.1. The van der Waals surface area contributed by atoms with Gasteiger partial charge in [-0.25, -0.2) is 8.42 Å². The van der Waals surface area contributed by atoms with E-state index >= 15 is 0 Å². The first-order valence-electron chi connectivity index (χ1n) is 10.1. The van der Waals surface area contributed by atoms with E-state index in [2.05, 4.69) is 10.3 Å². The van der Waals surface area contributed by atoms with Crippen molar-refractivity contribution < 1.29 is 13.2 Å². The Bertz CT molecular complexity index is 1220. The lowest BCUT2D eigenvalue weighted by molar-refractivity contribution is 0.0699. The molecule has 4 rings (SSSR count). The van der Waals surface area contributed by atoms with Crippen molar-refractivity contribution in [3.8, 4) is 11.3 Å². The summed E-state index contributed by atoms with van der Waals surface area (Å²) >= 11 is 0. The lowest BCUT2D eigenvalue weighted by atomic mass is 9.99. The Labute approximate surface area is 176 Å². The molecule has 30 heavy (non-hydrogen) atoms. The second-order valence-corrected chi connectivity index (χ2v) is 10.2. The Morgan fingerprint density at radius 1 is 1.23 bits per heavy atom. The van der Waals surface area contributed by atoms with Gasteiger partial charge in [-0.05, 0) is 55.0 Å². The van der Waals surface area contributed by atoms with Crippen LogP contribution in [-0.4, -0.2) is 43.8 Å². The van der Waals surface area contributed by atoms with Gasteiger partial charge in [0.05, 0.1) is 11.4 Å². The van der Waals surface area contributed by atoms with Gasteiger partial charge in [-0.2, -0.15) is 0 Å². The van der Waals surface area contributed by atoms with E-state index in [1.165, 1.54) is 6.26 Å². The average Bonchev–Trinajstić information content (AvgIpc) is 3.04. The number of hydrogen-bond acceptors (Lipinski definition) is 5. The third-order valence-electron chi connectivity index (χ3n) is 5.59. The van der Waals surface area contributed by atoms with Crippen LogP contribution in [0.2, 0.25) is 0 Å². The third kappa shape index (κ3) is 4.44. The number of aromatic amines is 1. The summed E-state index contributed by atoms with van der Waals surface area (Å²) in [6.45, 7) is 4.31. The zero-order valence-electron chi connectivity index (χ0n) is 17.3. The van der Waals surface area contributed by atoms with Crippen LogP contribution in [0.25, 0.3) is 16.8 Å². The summed E-state index contributed by atoms with van der Waals surface area (Å²) in [4.78, 5) is 15.1. The summed E-state index contributed by atoms with van der Waals surface area (Å²) in [5.41, 5.74) is 4.72. The Hall–Kier alpha value is -2.58. The maximum absolute atomic E-state index is 12.3. The second kappa shape index (κ2) is 8.28. The van der Waals surface area contributed by atoms with E-state index in [1.807, 2.05) is 41.8 Å². The molecule has 2 aromatic heterocycles. The van der Waals surface area contributed by atoms with E-state index in [9.17, 15) is 13.2 Å². The predicted octanol–water partition coefficient (Wildman–Crippen LogP) is 2.99. The highest BCUT2D eigenvalue weighted by molar-refractivity contribution is 7.89. The summed E-state index contributed by atoms with van der Waals surface area (Å²) in [6.07, 6.45) is 6.73. The Balaban J connectivity index is 1.78. The molecule has 0 spiro atoms. The highest BCUT2D eigenvalue weighted by Gasteiger charge is 2.18. The Morgan fingerprint density at radius 2 is 2.00 bits per heavy atom. The molecule has 3 heterocycles. The zero-order chi connectivity index (χ0) is 21.3. The molecule has 1 aliphatic rings. The van der Waals surface area contributed by atoms with E-state index in [1.54, 1.807) is 6.20 Å². The minimum absolute atomic E-state index is 0.0247. The van der Waals surface area contributed by atoms with Crippen LogP contribution in [-0.2, 0) is 20.3 Å². The van der Waals surface area contributed by atoms with Crippen molar-refractivity contribution in [1.29, 1.82) is 0 Å². The van der Waals surface area contributed by atoms with Gasteiger partial charge in [0.25, 0.3) is 5.56 Å². The van der Waals surface area contributed by atoms with Crippen molar-refractivity contribution in [1.82, 2.24) is 9.38 Å². The molecule has 160 valence electrons. The van der Waals surface area contributed by atoms with E-state index in [4.69, 9.17) is 4.74 Å². The topological polar surface area (TPSA) is 92.7 Å². The Morgan fingerprint density at radius 3 is 2.73 bits per heavy atom. The van der Waals surface area contributed by atoms with Crippen LogP contribution in [0.15, 0.2) is 41.5 Å². The van der Waals surface area contributed by atoms with Crippen molar-refractivity contribution in [2.75, 3.05) is 31.3 Å². The van der Waals surface area contributed by atoms with Gasteiger partial charge >= 0.3 is 0 Å². The molecule has 0 bridgehead atoms. The van der Waals surface area contributed by atoms with Crippen LogP contribution in [0.1, 0.15) is 24.0 Å². The van der Waals surface area contributed by atoms with Crippen molar-refractivity contribution in [3.63, 3.8) is 0 Å². The van der Waals surface area contributed by atoms with Gasteiger partial charge in [-0.3, -0.25) is 4.79 Å². The number of aromatic nitrogens is 2. The fourth-order valence-corrected chi connectivity index (χ4v) is 4.90.